The van der Waals surface area contributed by atoms with E-state index < -0.39 is 0 Å². The third-order valence-corrected chi connectivity index (χ3v) is 1.47. The number of nitrogens with zero attached hydrogens (tertiary/aromatic N) is 1. The molecular weight excluding hydrogens is 152 g/mol. The average molecular weight is 164 g/mol. The fourth-order valence-corrected chi connectivity index (χ4v) is 0.878. The summed E-state index contributed by atoms with van der Waals surface area (Å²) in [5.41, 5.74) is 0. The first-order valence-corrected chi connectivity index (χ1v) is 4.01. The molecule has 0 radical (unpaired) electrons. The SMILES string of the molecule is O=C1CCCN1.c1ccncc1. The second kappa shape index (κ2) is 5.29. The largest absolute Gasteiger partial charge is 0.356 e. The minimum atomic E-state index is 0.204. The van der Waals surface area contributed by atoms with Crippen molar-refractivity contribution in [2.45, 2.75) is 12.8 Å². The standard InChI is InChI=1S/C5H5N.C4H7NO/c1-2-4-6-5-3-1;6-4-2-1-3-5-4/h1-5H;1-3H2,(H,5,6). The van der Waals surface area contributed by atoms with E-state index in [1.807, 2.05) is 18.2 Å². The quantitative estimate of drug-likeness (QED) is 0.621. The van der Waals surface area contributed by atoms with E-state index in [0.29, 0.717) is 0 Å². The molecule has 12 heavy (non-hydrogen) atoms. The summed E-state index contributed by atoms with van der Waals surface area (Å²) in [6.07, 6.45) is 5.26. The predicted octanol–water partition coefficient (Wildman–Crippen LogP) is 0.978. The zero-order valence-corrected chi connectivity index (χ0v) is 6.86. The fraction of sp³-hybridized carbons (Fsp3) is 0.333. The summed E-state index contributed by atoms with van der Waals surface area (Å²) in [6, 6.07) is 5.72. The molecule has 1 aliphatic heterocycles. The number of hydrogen-bond donors (Lipinski definition) is 1. The molecule has 3 nitrogen and oxygen atoms in total. The molecule has 1 aromatic heterocycles. The summed E-state index contributed by atoms with van der Waals surface area (Å²) >= 11 is 0. The van der Waals surface area contributed by atoms with Crippen molar-refractivity contribution in [1.82, 2.24) is 10.3 Å². The van der Waals surface area contributed by atoms with Crippen molar-refractivity contribution < 1.29 is 4.79 Å². The third kappa shape index (κ3) is 3.71. The number of hydrogen-bond acceptors (Lipinski definition) is 2. The normalized spacial score (nSPS) is 14.5. The third-order valence-electron chi connectivity index (χ3n) is 1.47. The van der Waals surface area contributed by atoms with Gasteiger partial charge in [-0.25, -0.2) is 0 Å². The van der Waals surface area contributed by atoms with Gasteiger partial charge in [-0.15, -0.1) is 0 Å². The van der Waals surface area contributed by atoms with Gasteiger partial charge in [-0.05, 0) is 18.6 Å². The van der Waals surface area contributed by atoms with Crippen LogP contribution in [0.25, 0.3) is 0 Å². The summed E-state index contributed by atoms with van der Waals surface area (Å²) in [5, 5.41) is 2.68. The first kappa shape index (κ1) is 8.71. The van der Waals surface area contributed by atoms with Crippen LogP contribution in [0.2, 0.25) is 0 Å². The summed E-state index contributed by atoms with van der Waals surface area (Å²) in [7, 11) is 0. The molecule has 0 atom stereocenters. The summed E-state index contributed by atoms with van der Waals surface area (Å²) in [5.74, 6) is 0.204. The Kier molecular flexibility index (Phi) is 3.84. The average Bonchev–Trinajstić information content (AvgIpc) is 2.60. The minimum Gasteiger partial charge on any atom is -0.356 e. The van der Waals surface area contributed by atoms with E-state index in [-0.39, 0.29) is 5.91 Å². The second-order valence-electron chi connectivity index (χ2n) is 2.48. The van der Waals surface area contributed by atoms with Crippen LogP contribution in [0.3, 0.4) is 0 Å². The first-order chi connectivity index (χ1) is 5.89. The lowest BCUT2D eigenvalue weighted by Gasteiger charge is -1.80. The van der Waals surface area contributed by atoms with Crippen LogP contribution in [0.5, 0.6) is 0 Å². The van der Waals surface area contributed by atoms with E-state index in [1.54, 1.807) is 12.4 Å². The molecule has 0 saturated carbocycles. The monoisotopic (exact) mass is 164 g/mol. The van der Waals surface area contributed by atoms with E-state index in [9.17, 15) is 4.79 Å². The molecule has 0 bridgehead atoms. The number of aromatic nitrogens is 1. The highest BCUT2D eigenvalue weighted by atomic mass is 16.1. The Labute approximate surface area is 71.8 Å². The van der Waals surface area contributed by atoms with E-state index in [4.69, 9.17) is 0 Å². The Hall–Kier alpha value is -1.38. The number of amides is 1. The zero-order chi connectivity index (χ0) is 8.65. The van der Waals surface area contributed by atoms with Gasteiger partial charge in [0.15, 0.2) is 0 Å². The molecule has 0 unspecified atom stereocenters. The van der Waals surface area contributed by atoms with E-state index in [2.05, 4.69) is 10.3 Å². The van der Waals surface area contributed by atoms with Gasteiger partial charge >= 0.3 is 0 Å². The van der Waals surface area contributed by atoms with Gasteiger partial charge in [-0.3, -0.25) is 9.78 Å². The number of pyridine rings is 1. The Morgan fingerprint density at radius 2 is 2.00 bits per heavy atom. The minimum absolute atomic E-state index is 0.204. The Morgan fingerprint density at radius 3 is 2.17 bits per heavy atom. The lowest BCUT2D eigenvalue weighted by Crippen LogP contribution is -2.12. The van der Waals surface area contributed by atoms with Crippen molar-refractivity contribution in [3.8, 4) is 0 Å². The lowest BCUT2D eigenvalue weighted by atomic mass is 10.4. The smallest absolute Gasteiger partial charge is 0.220 e. The second-order valence-corrected chi connectivity index (χ2v) is 2.48. The molecule has 1 fully saturated rings. The van der Waals surface area contributed by atoms with Gasteiger partial charge in [-0.1, -0.05) is 6.07 Å². The van der Waals surface area contributed by atoms with Gasteiger partial charge in [0.2, 0.25) is 5.91 Å². The zero-order valence-electron chi connectivity index (χ0n) is 6.86. The molecule has 1 N–H and O–H groups in total. The van der Waals surface area contributed by atoms with Crippen molar-refractivity contribution in [3.05, 3.63) is 30.6 Å². The summed E-state index contributed by atoms with van der Waals surface area (Å²) < 4.78 is 0. The van der Waals surface area contributed by atoms with Gasteiger partial charge in [0.25, 0.3) is 0 Å². The van der Waals surface area contributed by atoms with Gasteiger partial charge < -0.3 is 5.32 Å². The molecule has 1 aliphatic rings. The van der Waals surface area contributed by atoms with Crippen molar-refractivity contribution in [1.29, 1.82) is 0 Å². The summed E-state index contributed by atoms with van der Waals surface area (Å²) in [6.45, 7) is 0.888. The van der Waals surface area contributed by atoms with Crippen LogP contribution in [0, 0.1) is 0 Å². The highest BCUT2D eigenvalue weighted by Crippen LogP contribution is 1.93. The van der Waals surface area contributed by atoms with Crippen molar-refractivity contribution >= 4 is 5.91 Å². The number of rotatable bonds is 0. The van der Waals surface area contributed by atoms with Gasteiger partial charge in [-0.2, -0.15) is 0 Å². The molecule has 2 rings (SSSR count). The Bertz CT molecular complexity index is 189. The molecule has 0 spiro atoms. The van der Waals surface area contributed by atoms with Crippen LogP contribution in [0.1, 0.15) is 12.8 Å². The first-order valence-electron chi connectivity index (χ1n) is 4.01. The number of carbonyl (C=O) groups is 1. The fourth-order valence-electron chi connectivity index (χ4n) is 0.878. The predicted molar refractivity (Wildman–Crippen MR) is 46.5 cm³/mol. The van der Waals surface area contributed by atoms with Crippen LogP contribution in [0.15, 0.2) is 30.6 Å². The van der Waals surface area contributed by atoms with Crippen LogP contribution < -0.4 is 5.32 Å². The molecule has 2 heterocycles. The van der Waals surface area contributed by atoms with Gasteiger partial charge in [0, 0.05) is 25.4 Å². The van der Waals surface area contributed by atoms with E-state index >= 15 is 0 Å². The molecule has 1 saturated heterocycles. The Balaban J connectivity index is 0.000000120. The van der Waals surface area contributed by atoms with E-state index in [1.165, 1.54) is 0 Å². The van der Waals surface area contributed by atoms with Crippen LogP contribution in [-0.4, -0.2) is 17.4 Å². The molecule has 0 aromatic carbocycles. The number of nitrogens with one attached hydrogen (secondary N) is 1. The molecule has 64 valence electrons. The highest BCUT2D eigenvalue weighted by Gasteiger charge is 2.05. The lowest BCUT2D eigenvalue weighted by molar-refractivity contribution is -0.119. The van der Waals surface area contributed by atoms with Crippen molar-refractivity contribution in [2.75, 3.05) is 6.54 Å². The maximum absolute atomic E-state index is 10.1. The van der Waals surface area contributed by atoms with Crippen molar-refractivity contribution in [3.63, 3.8) is 0 Å². The maximum atomic E-state index is 10.1. The molecule has 3 heteroatoms. The number of carbonyl (C=O) groups excluding carboxylic acids is 1. The van der Waals surface area contributed by atoms with Gasteiger partial charge in [0.1, 0.15) is 0 Å². The van der Waals surface area contributed by atoms with Crippen molar-refractivity contribution in [2.24, 2.45) is 0 Å². The molecule has 1 aromatic rings. The van der Waals surface area contributed by atoms with Crippen LogP contribution in [0.4, 0.5) is 0 Å². The van der Waals surface area contributed by atoms with Crippen LogP contribution in [-0.2, 0) is 4.79 Å². The molecule has 1 amide bonds. The molecular formula is C9H12N2O. The summed E-state index contributed by atoms with van der Waals surface area (Å²) in [4.78, 5) is 13.9. The topological polar surface area (TPSA) is 42.0 Å². The maximum Gasteiger partial charge on any atom is 0.220 e. The highest BCUT2D eigenvalue weighted by molar-refractivity contribution is 5.77. The Morgan fingerprint density at radius 1 is 1.25 bits per heavy atom. The van der Waals surface area contributed by atoms with E-state index in [0.717, 1.165) is 19.4 Å². The van der Waals surface area contributed by atoms with Gasteiger partial charge in [0.05, 0.1) is 0 Å². The van der Waals surface area contributed by atoms with Crippen LogP contribution >= 0.6 is 0 Å². The molecule has 0 aliphatic carbocycles.